The molecule has 1 rings (SSSR count). The number of halogens is 2. The van der Waals surface area contributed by atoms with Gasteiger partial charge < -0.3 is 9.84 Å². The molecule has 0 amide bonds. The van der Waals surface area contributed by atoms with Crippen LogP contribution >= 0.6 is 0 Å². The molecule has 0 aliphatic rings. The Balaban J connectivity index is 2.99. The molecule has 0 aromatic heterocycles. The lowest BCUT2D eigenvalue weighted by atomic mass is 9.95. The van der Waals surface area contributed by atoms with Crippen LogP contribution in [0.25, 0.3) is 0 Å². The van der Waals surface area contributed by atoms with E-state index in [1.807, 2.05) is 13.8 Å². The fraction of sp³-hybridized carbons (Fsp3) is 0.538. The van der Waals surface area contributed by atoms with Crippen molar-refractivity contribution in [2.24, 2.45) is 5.92 Å². The summed E-state index contributed by atoms with van der Waals surface area (Å²) < 4.78 is 31.9. The highest BCUT2D eigenvalue weighted by molar-refractivity contribution is 5.22. The molecule has 2 nitrogen and oxygen atoms in total. The topological polar surface area (TPSA) is 29.5 Å². The number of benzene rings is 1. The van der Waals surface area contributed by atoms with Crippen molar-refractivity contribution in [2.75, 3.05) is 6.61 Å². The lowest BCUT2D eigenvalue weighted by Gasteiger charge is -2.26. The molecule has 0 heterocycles. The Kier molecular flexibility index (Phi) is 5.02. The van der Waals surface area contributed by atoms with Gasteiger partial charge in [0.15, 0.2) is 0 Å². The molecule has 0 saturated carbocycles. The summed E-state index contributed by atoms with van der Waals surface area (Å²) in [6.07, 6.45) is -1.71. The predicted molar refractivity (Wildman–Crippen MR) is 61.6 cm³/mol. The highest BCUT2D eigenvalue weighted by atomic mass is 19.1. The van der Waals surface area contributed by atoms with Crippen LogP contribution < -0.4 is 0 Å². The Bertz CT molecular complexity index is 366. The van der Waals surface area contributed by atoms with E-state index in [2.05, 4.69) is 0 Å². The van der Waals surface area contributed by atoms with Gasteiger partial charge in [-0.1, -0.05) is 13.8 Å². The molecule has 0 saturated heterocycles. The third-order valence-corrected chi connectivity index (χ3v) is 2.60. The molecule has 2 atom stereocenters. The van der Waals surface area contributed by atoms with Crippen molar-refractivity contribution in [1.82, 2.24) is 0 Å². The molecule has 1 aromatic carbocycles. The molecule has 1 aromatic rings. The van der Waals surface area contributed by atoms with Gasteiger partial charge in [-0.3, -0.25) is 0 Å². The summed E-state index contributed by atoms with van der Waals surface area (Å²) in [7, 11) is 0. The number of aliphatic hydroxyl groups excluding tert-OH is 1. The highest BCUT2D eigenvalue weighted by Crippen LogP contribution is 2.27. The summed E-state index contributed by atoms with van der Waals surface area (Å²) in [6.45, 7) is 5.93. The zero-order chi connectivity index (χ0) is 13.0. The van der Waals surface area contributed by atoms with Crippen molar-refractivity contribution in [3.05, 3.63) is 35.4 Å². The van der Waals surface area contributed by atoms with Gasteiger partial charge in [0, 0.05) is 12.2 Å². The molecule has 0 aliphatic heterocycles. The minimum Gasteiger partial charge on any atom is -0.386 e. The van der Waals surface area contributed by atoms with Crippen molar-refractivity contribution in [2.45, 2.75) is 33.0 Å². The zero-order valence-electron chi connectivity index (χ0n) is 10.3. The van der Waals surface area contributed by atoms with Gasteiger partial charge in [-0.05, 0) is 31.0 Å². The summed E-state index contributed by atoms with van der Waals surface area (Å²) in [5.41, 5.74) is -0.0582. The first kappa shape index (κ1) is 14.1. The molecule has 17 heavy (non-hydrogen) atoms. The van der Waals surface area contributed by atoms with Crippen molar-refractivity contribution in [3.8, 4) is 0 Å². The van der Waals surface area contributed by atoms with E-state index in [1.54, 1.807) is 6.92 Å². The summed E-state index contributed by atoms with van der Waals surface area (Å²) in [6, 6.07) is 3.04. The molecule has 0 bridgehead atoms. The van der Waals surface area contributed by atoms with Crippen LogP contribution in [0.4, 0.5) is 8.78 Å². The van der Waals surface area contributed by atoms with Crippen LogP contribution in [0.2, 0.25) is 0 Å². The van der Waals surface area contributed by atoms with E-state index in [-0.39, 0.29) is 11.5 Å². The van der Waals surface area contributed by atoms with Gasteiger partial charge >= 0.3 is 0 Å². The lowest BCUT2D eigenvalue weighted by molar-refractivity contribution is -0.0598. The van der Waals surface area contributed by atoms with Crippen molar-refractivity contribution in [1.29, 1.82) is 0 Å². The smallest absolute Gasteiger partial charge is 0.129 e. The zero-order valence-corrected chi connectivity index (χ0v) is 10.3. The van der Waals surface area contributed by atoms with Gasteiger partial charge in [-0.2, -0.15) is 0 Å². The number of aliphatic hydroxyl groups is 1. The molecule has 96 valence electrons. The Hall–Kier alpha value is -1.00. The van der Waals surface area contributed by atoms with Gasteiger partial charge in [-0.25, -0.2) is 8.78 Å². The number of rotatable bonds is 5. The van der Waals surface area contributed by atoms with Crippen LogP contribution in [0.3, 0.4) is 0 Å². The van der Waals surface area contributed by atoms with E-state index in [0.29, 0.717) is 6.61 Å². The summed E-state index contributed by atoms with van der Waals surface area (Å²) in [5, 5.41) is 10.1. The van der Waals surface area contributed by atoms with Crippen molar-refractivity contribution < 1.29 is 18.6 Å². The summed E-state index contributed by atoms with van der Waals surface area (Å²) >= 11 is 0. The van der Waals surface area contributed by atoms with Crippen LogP contribution in [0.1, 0.15) is 32.4 Å². The molecule has 4 heteroatoms. The van der Waals surface area contributed by atoms with E-state index >= 15 is 0 Å². The van der Waals surface area contributed by atoms with Crippen LogP contribution in [0.15, 0.2) is 18.2 Å². The Morgan fingerprint density at radius 2 is 1.94 bits per heavy atom. The van der Waals surface area contributed by atoms with E-state index in [0.717, 1.165) is 18.2 Å². The van der Waals surface area contributed by atoms with E-state index in [4.69, 9.17) is 4.74 Å². The van der Waals surface area contributed by atoms with E-state index in [9.17, 15) is 13.9 Å². The first-order chi connectivity index (χ1) is 7.97. The average molecular weight is 244 g/mol. The van der Waals surface area contributed by atoms with Gasteiger partial charge in [-0.15, -0.1) is 0 Å². The molecular formula is C13H18F2O2. The maximum Gasteiger partial charge on any atom is 0.129 e. The van der Waals surface area contributed by atoms with Crippen LogP contribution in [-0.2, 0) is 4.74 Å². The molecule has 0 aliphatic carbocycles. The molecule has 2 unspecified atom stereocenters. The fourth-order valence-corrected chi connectivity index (χ4v) is 1.76. The monoisotopic (exact) mass is 244 g/mol. The molecule has 0 spiro atoms. The van der Waals surface area contributed by atoms with Crippen LogP contribution in [-0.4, -0.2) is 17.8 Å². The molecule has 0 fully saturated rings. The maximum atomic E-state index is 13.5. The van der Waals surface area contributed by atoms with E-state index < -0.39 is 23.8 Å². The summed E-state index contributed by atoms with van der Waals surface area (Å²) in [5.74, 6) is -1.18. The summed E-state index contributed by atoms with van der Waals surface area (Å²) in [4.78, 5) is 0. The van der Waals surface area contributed by atoms with Gasteiger partial charge in [0.1, 0.15) is 17.7 Å². The normalized spacial score (nSPS) is 15.0. The molecule has 1 N–H and O–H groups in total. The standard InChI is InChI=1S/C13H18F2O2/c1-4-17-13(8(2)3)12(16)10-7-9(14)5-6-11(10)15/h5-8,12-13,16H,4H2,1-3H3. The second-order valence-electron chi connectivity index (χ2n) is 4.27. The second-order valence-corrected chi connectivity index (χ2v) is 4.27. The molecule has 0 radical (unpaired) electrons. The van der Waals surface area contributed by atoms with Gasteiger partial charge in [0.25, 0.3) is 0 Å². The van der Waals surface area contributed by atoms with E-state index in [1.165, 1.54) is 0 Å². The average Bonchev–Trinajstić information content (AvgIpc) is 2.28. The number of ether oxygens (including phenoxy) is 1. The Morgan fingerprint density at radius 1 is 1.29 bits per heavy atom. The third-order valence-electron chi connectivity index (χ3n) is 2.60. The van der Waals surface area contributed by atoms with Crippen molar-refractivity contribution in [3.63, 3.8) is 0 Å². The number of hydrogen-bond acceptors (Lipinski definition) is 2. The first-order valence-corrected chi connectivity index (χ1v) is 5.72. The maximum absolute atomic E-state index is 13.5. The van der Waals surface area contributed by atoms with Gasteiger partial charge in [0.05, 0.1) is 6.10 Å². The van der Waals surface area contributed by atoms with Gasteiger partial charge in [0.2, 0.25) is 0 Å². The minimum absolute atomic E-state index is 0.00705. The highest BCUT2D eigenvalue weighted by Gasteiger charge is 2.27. The second kappa shape index (κ2) is 6.07. The minimum atomic E-state index is -1.16. The van der Waals surface area contributed by atoms with Crippen LogP contribution in [0.5, 0.6) is 0 Å². The first-order valence-electron chi connectivity index (χ1n) is 5.72. The third kappa shape index (κ3) is 3.48. The SMILES string of the molecule is CCOC(C(C)C)C(O)c1cc(F)ccc1F. The largest absolute Gasteiger partial charge is 0.386 e. The van der Waals surface area contributed by atoms with Crippen molar-refractivity contribution >= 4 is 0 Å². The fourth-order valence-electron chi connectivity index (χ4n) is 1.76. The quantitative estimate of drug-likeness (QED) is 0.862. The lowest BCUT2D eigenvalue weighted by Crippen LogP contribution is -2.28. The Labute approximate surface area is 100 Å². The number of hydrogen-bond donors (Lipinski definition) is 1. The Morgan fingerprint density at radius 3 is 2.47 bits per heavy atom. The predicted octanol–water partition coefficient (Wildman–Crippen LogP) is 3.06. The molecular weight excluding hydrogens is 226 g/mol. The van der Waals surface area contributed by atoms with Crippen LogP contribution in [0, 0.1) is 17.6 Å².